The molecule has 1 aromatic rings. The maximum atomic E-state index is 13.8. The molecule has 0 aliphatic carbocycles. The van der Waals surface area contributed by atoms with Gasteiger partial charge in [0.1, 0.15) is 4.90 Å². The first-order chi connectivity index (χ1) is 9.31. The molecule has 0 bridgehead atoms. The molecule has 2 unspecified atom stereocenters. The molecule has 2 rings (SSSR count). The van der Waals surface area contributed by atoms with Crippen LogP contribution in [0, 0.1) is 11.7 Å². The number of hydrogen-bond acceptors (Lipinski definition) is 4. The third-order valence-corrected chi connectivity index (χ3v) is 5.03. The van der Waals surface area contributed by atoms with Crippen LogP contribution in [0.4, 0.5) is 10.1 Å². The molecule has 1 heterocycles. The fourth-order valence-corrected chi connectivity index (χ4v) is 3.63. The van der Waals surface area contributed by atoms with Gasteiger partial charge in [-0.05, 0) is 25.5 Å². The molecule has 20 heavy (non-hydrogen) atoms. The van der Waals surface area contributed by atoms with Crippen LogP contribution in [-0.4, -0.2) is 27.7 Å². The summed E-state index contributed by atoms with van der Waals surface area (Å²) in [7, 11) is -3.99. The molecular weight excluding hydrogens is 307 g/mol. The number of anilines is 1. The summed E-state index contributed by atoms with van der Waals surface area (Å²) in [5, 5.41) is 0.0712. The van der Waals surface area contributed by atoms with Crippen LogP contribution in [0.3, 0.4) is 0 Å². The Morgan fingerprint density at radius 2 is 2.25 bits per heavy atom. The molecule has 0 saturated carbocycles. The van der Waals surface area contributed by atoms with E-state index in [1.807, 2.05) is 6.92 Å². The minimum atomic E-state index is -3.99. The van der Waals surface area contributed by atoms with Crippen molar-refractivity contribution in [3.05, 3.63) is 23.0 Å². The first kappa shape index (κ1) is 15.5. The number of hydrogen-bond donors (Lipinski definition) is 2. The average Bonchev–Trinajstić information content (AvgIpc) is 2.77. The topological polar surface area (TPSA) is 81.4 Å². The predicted octanol–water partition coefficient (Wildman–Crippen LogP) is 1.76. The first-order valence-electron chi connectivity index (χ1n) is 6.17. The molecule has 0 spiro atoms. The number of rotatable bonds is 4. The summed E-state index contributed by atoms with van der Waals surface area (Å²) < 4.78 is 45.8. The Labute approximate surface area is 122 Å². The second kappa shape index (κ2) is 5.85. The SMILES string of the molecule is CC1OCCC1CNS(=O)(=O)c1cc(Cl)cc(N)c1F. The molecule has 1 aromatic carbocycles. The summed E-state index contributed by atoms with van der Waals surface area (Å²) in [5.74, 6) is -0.915. The zero-order valence-electron chi connectivity index (χ0n) is 10.9. The summed E-state index contributed by atoms with van der Waals surface area (Å²) >= 11 is 5.72. The van der Waals surface area contributed by atoms with Gasteiger partial charge in [0, 0.05) is 24.1 Å². The normalized spacial score (nSPS) is 23.1. The number of ether oxygens (including phenoxy) is 1. The molecule has 112 valence electrons. The van der Waals surface area contributed by atoms with Crippen LogP contribution in [0.25, 0.3) is 0 Å². The van der Waals surface area contributed by atoms with Crippen LogP contribution >= 0.6 is 11.6 Å². The van der Waals surface area contributed by atoms with Gasteiger partial charge in [-0.15, -0.1) is 0 Å². The second-order valence-corrected chi connectivity index (χ2v) is 6.96. The lowest BCUT2D eigenvalue weighted by atomic mass is 10.0. The van der Waals surface area contributed by atoms with Gasteiger partial charge >= 0.3 is 0 Å². The maximum Gasteiger partial charge on any atom is 0.243 e. The van der Waals surface area contributed by atoms with Crippen molar-refractivity contribution in [2.75, 3.05) is 18.9 Å². The van der Waals surface area contributed by atoms with E-state index in [-0.39, 0.29) is 29.3 Å². The molecule has 8 heteroatoms. The lowest BCUT2D eigenvalue weighted by molar-refractivity contribution is 0.107. The van der Waals surface area contributed by atoms with E-state index in [1.165, 1.54) is 6.07 Å². The van der Waals surface area contributed by atoms with Crippen LogP contribution < -0.4 is 10.5 Å². The van der Waals surface area contributed by atoms with Crippen molar-refractivity contribution in [3.8, 4) is 0 Å². The fourth-order valence-electron chi connectivity index (χ4n) is 2.12. The fraction of sp³-hybridized carbons (Fsp3) is 0.500. The molecule has 0 amide bonds. The van der Waals surface area contributed by atoms with E-state index in [2.05, 4.69) is 4.72 Å². The van der Waals surface area contributed by atoms with Crippen molar-refractivity contribution in [1.82, 2.24) is 4.72 Å². The molecule has 1 fully saturated rings. The Bertz CT molecular complexity index is 609. The standard InChI is InChI=1S/C12H16ClFN2O3S/c1-7-8(2-3-19-7)6-16-20(17,18)11-5-9(13)4-10(15)12(11)14/h4-5,7-8,16H,2-3,6,15H2,1H3. The van der Waals surface area contributed by atoms with Crippen molar-refractivity contribution in [2.45, 2.75) is 24.3 Å². The molecule has 3 N–H and O–H groups in total. The molecule has 2 atom stereocenters. The highest BCUT2D eigenvalue weighted by molar-refractivity contribution is 7.89. The number of sulfonamides is 1. The number of nitrogen functional groups attached to an aromatic ring is 1. The third-order valence-electron chi connectivity index (χ3n) is 3.39. The van der Waals surface area contributed by atoms with Gasteiger partial charge in [-0.25, -0.2) is 17.5 Å². The maximum absolute atomic E-state index is 13.8. The molecule has 0 radical (unpaired) electrons. The molecule has 1 aliphatic rings. The lowest BCUT2D eigenvalue weighted by Gasteiger charge is -2.15. The van der Waals surface area contributed by atoms with Crippen LogP contribution in [0.5, 0.6) is 0 Å². The minimum Gasteiger partial charge on any atom is -0.396 e. The zero-order valence-corrected chi connectivity index (χ0v) is 12.5. The van der Waals surface area contributed by atoms with Crippen LogP contribution in [-0.2, 0) is 14.8 Å². The van der Waals surface area contributed by atoms with Gasteiger partial charge in [0.15, 0.2) is 5.82 Å². The van der Waals surface area contributed by atoms with Gasteiger partial charge < -0.3 is 10.5 Å². The van der Waals surface area contributed by atoms with E-state index in [0.29, 0.717) is 6.61 Å². The van der Waals surface area contributed by atoms with Crippen LogP contribution in [0.15, 0.2) is 17.0 Å². The highest BCUT2D eigenvalue weighted by atomic mass is 35.5. The average molecular weight is 323 g/mol. The highest BCUT2D eigenvalue weighted by Crippen LogP contribution is 2.26. The Balaban J connectivity index is 2.18. The van der Waals surface area contributed by atoms with Gasteiger partial charge in [-0.2, -0.15) is 0 Å². The molecule has 1 aliphatic heterocycles. The highest BCUT2D eigenvalue weighted by Gasteiger charge is 2.27. The summed E-state index contributed by atoms with van der Waals surface area (Å²) in [4.78, 5) is -0.533. The van der Waals surface area contributed by atoms with E-state index >= 15 is 0 Å². The van der Waals surface area contributed by atoms with Gasteiger partial charge in [0.2, 0.25) is 10.0 Å². The van der Waals surface area contributed by atoms with Crippen molar-refractivity contribution in [3.63, 3.8) is 0 Å². The van der Waals surface area contributed by atoms with E-state index in [1.54, 1.807) is 0 Å². The lowest BCUT2D eigenvalue weighted by Crippen LogP contribution is -2.32. The molecule has 0 aromatic heterocycles. The van der Waals surface area contributed by atoms with E-state index in [9.17, 15) is 12.8 Å². The molecule has 1 saturated heterocycles. The third kappa shape index (κ3) is 3.22. The van der Waals surface area contributed by atoms with Crippen molar-refractivity contribution in [2.24, 2.45) is 5.92 Å². The molecular formula is C12H16ClFN2O3S. The van der Waals surface area contributed by atoms with E-state index in [4.69, 9.17) is 22.1 Å². The van der Waals surface area contributed by atoms with Crippen molar-refractivity contribution >= 4 is 27.3 Å². The summed E-state index contributed by atoms with van der Waals surface area (Å²) in [6.45, 7) is 2.67. The summed E-state index contributed by atoms with van der Waals surface area (Å²) in [6, 6.07) is 2.22. The van der Waals surface area contributed by atoms with E-state index < -0.39 is 20.7 Å². The minimum absolute atomic E-state index is 0.0213. The Morgan fingerprint density at radius 1 is 1.55 bits per heavy atom. The van der Waals surface area contributed by atoms with Crippen molar-refractivity contribution < 1.29 is 17.5 Å². The number of halogens is 2. The van der Waals surface area contributed by atoms with Gasteiger partial charge in [-0.1, -0.05) is 11.6 Å². The number of nitrogens with one attached hydrogen (secondary N) is 1. The van der Waals surface area contributed by atoms with Gasteiger partial charge in [-0.3, -0.25) is 0 Å². The van der Waals surface area contributed by atoms with Crippen LogP contribution in [0.1, 0.15) is 13.3 Å². The first-order valence-corrected chi connectivity index (χ1v) is 8.03. The Kier molecular flexibility index (Phi) is 4.53. The summed E-state index contributed by atoms with van der Waals surface area (Å²) in [5.41, 5.74) is 5.09. The number of nitrogens with two attached hydrogens (primary N) is 1. The summed E-state index contributed by atoms with van der Waals surface area (Å²) in [6.07, 6.45) is 0.746. The molecule has 5 nitrogen and oxygen atoms in total. The predicted molar refractivity (Wildman–Crippen MR) is 74.5 cm³/mol. The van der Waals surface area contributed by atoms with E-state index in [0.717, 1.165) is 12.5 Å². The number of benzene rings is 1. The second-order valence-electron chi connectivity index (χ2n) is 4.78. The van der Waals surface area contributed by atoms with Crippen LogP contribution in [0.2, 0.25) is 5.02 Å². The zero-order chi connectivity index (χ0) is 14.9. The van der Waals surface area contributed by atoms with Gasteiger partial charge in [0.25, 0.3) is 0 Å². The monoisotopic (exact) mass is 322 g/mol. The Hall–Kier alpha value is -0.890. The quantitative estimate of drug-likeness (QED) is 0.828. The largest absolute Gasteiger partial charge is 0.396 e. The Morgan fingerprint density at radius 3 is 2.85 bits per heavy atom. The van der Waals surface area contributed by atoms with Crippen molar-refractivity contribution in [1.29, 1.82) is 0 Å². The van der Waals surface area contributed by atoms with Gasteiger partial charge in [0.05, 0.1) is 11.8 Å². The smallest absolute Gasteiger partial charge is 0.243 e.